The van der Waals surface area contributed by atoms with Crippen LogP contribution in [-0.2, 0) is 21.4 Å². The number of carbonyl (C=O) groups is 1. The van der Waals surface area contributed by atoms with Crippen molar-refractivity contribution in [3.63, 3.8) is 0 Å². The largest absolute Gasteiger partial charge is 0.288 e. The average Bonchev–Trinajstić information content (AvgIpc) is 3.39. The Hall–Kier alpha value is -3.57. The van der Waals surface area contributed by atoms with Crippen LogP contribution in [0, 0.1) is 0 Å². The van der Waals surface area contributed by atoms with Gasteiger partial charge in [0.1, 0.15) is 10.0 Å². The van der Waals surface area contributed by atoms with E-state index in [1.54, 1.807) is 32.1 Å². The van der Waals surface area contributed by atoms with Crippen molar-refractivity contribution < 1.29 is 13.2 Å². The molecule has 0 unspecified atom stereocenters. The van der Waals surface area contributed by atoms with Gasteiger partial charge in [-0.3, -0.25) is 9.69 Å². The van der Waals surface area contributed by atoms with Crippen molar-refractivity contribution in [1.82, 2.24) is 19.0 Å². The first-order valence-electron chi connectivity index (χ1n) is 14.0. The molecule has 0 saturated carbocycles. The number of rotatable bonds is 7. The lowest BCUT2D eigenvalue weighted by Gasteiger charge is -2.20. The average molecular weight is 615 g/mol. The summed E-state index contributed by atoms with van der Waals surface area (Å²) in [5, 5.41) is 4.87. The lowest BCUT2D eigenvalue weighted by Crippen LogP contribution is -2.31. The zero-order valence-corrected chi connectivity index (χ0v) is 25.4. The fraction of sp³-hybridized carbons (Fsp3) is 0.219. The molecule has 2 saturated heterocycles. The third kappa shape index (κ3) is 5.98. The Morgan fingerprint density at radius 1 is 0.881 bits per heavy atom. The molecule has 2 fully saturated rings. The molecule has 7 nitrogen and oxygen atoms in total. The molecule has 4 aromatic rings. The molecule has 1 aromatic heterocycles. The van der Waals surface area contributed by atoms with Crippen molar-refractivity contribution in [2.75, 3.05) is 13.1 Å². The number of sulfonamides is 1. The van der Waals surface area contributed by atoms with Crippen LogP contribution in [0.3, 0.4) is 0 Å². The highest BCUT2D eigenvalue weighted by molar-refractivity contribution is 8.26. The molecule has 2 aliphatic rings. The van der Waals surface area contributed by atoms with Gasteiger partial charge in [0, 0.05) is 30.4 Å². The zero-order valence-electron chi connectivity index (χ0n) is 22.9. The number of carbonyl (C=O) groups excluding carboxylic acids is 1. The second kappa shape index (κ2) is 12.3. The van der Waals surface area contributed by atoms with Gasteiger partial charge in [-0.1, -0.05) is 97.5 Å². The van der Waals surface area contributed by atoms with Gasteiger partial charge in [0.25, 0.3) is 5.91 Å². The maximum atomic E-state index is 13.6. The van der Waals surface area contributed by atoms with E-state index < -0.39 is 10.0 Å². The number of thioether (sulfide) groups is 1. The second-order valence-electron chi connectivity index (χ2n) is 10.3. The molecule has 6 rings (SSSR count). The van der Waals surface area contributed by atoms with Crippen LogP contribution >= 0.6 is 24.0 Å². The van der Waals surface area contributed by atoms with Gasteiger partial charge in [0.15, 0.2) is 0 Å². The number of benzene rings is 3. The first-order chi connectivity index (χ1) is 20.4. The molecule has 3 aromatic carbocycles. The summed E-state index contributed by atoms with van der Waals surface area (Å²) in [6, 6.07) is 26.4. The Morgan fingerprint density at radius 2 is 1.57 bits per heavy atom. The molecule has 42 heavy (non-hydrogen) atoms. The highest BCUT2D eigenvalue weighted by Gasteiger charge is 2.33. The third-order valence-corrected chi connectivity index (χ3v) is 10.7. The number of thiocarbonyl (C=S) groups is 1. The van der Waals surface area contributed by atoms with Gasteiger partial charge in [-0.05, 0) is 48.7 Å². The van der Waals surface area contributed by atoms with Crippen molar-refractivity contribution in [3.8, 4) is 16.9 Å². The minimum Gasteiger partial charge on any atom is -0.288 e. The fourth-order valence-corrected chi connectivity index (χ4v) is 8.02. The molecule has 0 N–H and O–H groups in total. The normalized spacial score (nSPS) is 17.6. The van der Waals surface area contributed by atoms with E-state index in [1.807, 2.05) is 79.0 Å². The first-order valence-corrected chi connectivity index (χ1v) is 16.6. The summed E-state index contributed by atoms with van der Waals surface area (Å²) in [4.78, 5) is 15.8. The van der Waals surface area contributed by atoms with E-state index in [1.165, 1.54) is 11.8 Å². The predicted octanol–water partition coefficient (Wildman–Crippen LogP) is 6.51. The minimum atomic E-state index is -3.65. The fourth-order valence-electron chi connectivity index (χ4n) is 5.21. The molecule has 1 amide bonds. The predicted molar refractivity (Wildman–Crippen MR) is 171 cm³/mol. The highest BCUT2D eigenvalue weighted by atomic mass is 32.2. The minimum absolute atomic E-state index is 0.162. The van der Waals surface area contributed by atoms with Gasteiger partial charge >= 0.3 is 0 Å². The molecule has 3 heterocycles. The monoisotopic (exact) mass is 614 g/mol. The summed E-state index contributed by atoms with van der Waals surface area (Å²) in [7, 11) is -3.65. The van der Waals surface area contributed by atoms with Crippen molar-refractivity contribution in [1.29, 1.82) is 0 Å². The van der Waals surface area contributed by atoms with Crippen LogP contribution in [0.25, 0.3) is 23.0 Å². The smallest absolute Gasteiger partial charge is 0.266 e. The van der Waals surface area contributed by atoms with E-state index in [0.29, 0.717) is 45.7 Å². The number of nitrogens with zero attached hydrogens (tertiary/aromatic N) is 4. The van der Waals surface area contributed by atoms with Gasteiger partial charge in [-0.2, -0.15) is 9.40 Å². The van der Waals surface area contributed by atoms with Crippen LogP contribution in [0.5, 0.6) is 0 Å². The van der Waals surface area contributed by atoms with Crippen molar-refractivity contribution in [2.45, 2.75) is 37.1 Å². The molecular formula is C32H30N4O3S3. The highest BCUT2D eigenvalue weighted by Crippen LogP contribution is 2.36. The molecule has 0 radical (unpaired) electrons. The molecular weight excluding hydrogens is 585 g/mol. The number of aromatic nitrogens is 2. The summed E-state index contributed by atoms with van der Waals surface area (Å²) in [6.45, 7) is 1.46. The Labute approximate surface area is 255 Å². The van der Waals surface area contributed by atoms with Crippen LogP contribution in [0.4, 0.5) is 0 Å². The zero-order chi connectivity index (χ0) is 29.1. The van der Waals surface area contributed by atoms with Gasteiger partial charge < -0.3 is 0 Å². The number of para-hydroxylation sites is 1. The Kier molecular flexibility index (Phi) is 8.39. The molecule has 214 valence electrons. The van der Waals surface area contributed by atoms with Gasteiger partial charge in [-0.15, -0.1) is 0 Å². The van der Waals surface area contributed by atoms with Crippen LogP contribution < -0.4 is 0 Å². The first kappa shape index (κ1) is 28.5. The molecule has 0 atom stereocenters. The van der Waals surface area contributed by atoms with Crippen LogP contribution in [0.2, 0.25) is 0 Å². The Morgan fingerprint density at radius 3 is 2.29 bits per heavy atom. The number of amides is 1. The second-order valence-corrected chi connectivity index (χ2v) is 13.9. The SMILES string of the molecule is O=C1/C(=C/c2cn(-c3ccccc3)nc2-c2cccc(S(=O)(=O)N3CCCCCC3)c2)SC(=S)N1Cc1ccccc1. The summed E-state index contributed by atoms with van der Waals surface area (Å²) < 4.78 is 31.0. The van der Waals surface area contributed by atoms with E-state index in [4.69, 9.17) is 17.3 Å². The number of hydrogen-bond donors (Lipinski definition) is 0. The quantitative estimate of drug-likeness (QED) is 0.175. The van der Waals surface area contributed by atoms with E-state index in [2.05, 4.69) is 0 Å². The maximum absolute atomic E-state index is 13.6. The van der Waals surface area contributed by atoms with E-state index >= 15 is 0 Å². The van der Waals surface area contributed by atoms with Crippen molar-refractivity contribution in [3.05, 3.63) is 107 Å². The summed E-state index contributed by atoms with van der Waals surface area (Å²) in [5.74, 6) is -0.162. The molecule has 2 aliphatic heterocycles. The maximum Gasteiger partial charge on any atom is 0.266 e. The molecule has 0 aliphatic carbocycles. The van der Waals surface area contributed by atoms with Crippen LogP contribution in [0.1, 0.15) is 36.8 Å². The summed E-state index contributed by atoms with van der Waals surface area (Å²) >= 11 is 6.85. The molecule has 10 heteroatoms. The van der Waals surface area contributed by atoms with E-state index in [0.717, 1.165) is 36.9 Å². The van der Waals surface area contributed by atoms with Crippen LogP contribution in [0.15, 0.2) is 101 Å². The topological polar surface area (TPSA) is 75.5 Å². The summed E-state index contributed by atoms with van der Waals surface area (Å²) in [5.41, 5.74) is 3.79. The van der Waals surface area contributed by atoms with Gasteiger partial charge in [-0.25, -0.2) is 13.1 Å². The van der Waals surface area contributed by atoms with Gasteiger partial charge in [0.2, 0.25) is 10.0 Å². The van der Waals surface area contributed by atoms with Crippen molar-refractivity contribution in [2.24, 2.45) is 0 Å². The third-order valence-electron chi connectivity index (χ3n) is 7.42. The standard InChI is InChI=1S/C32H30N4O3S3/c37-31-29(41-32(40)35(31)22-24-12-5-3-6-13-24)21-26-23-36(27-15-7-4-8-16-27)33-30(26)25-14-11-17-28(20-25)42(38,39)34-18-9-1-2-10-19-34/h3-8,11-17,20-21,23H,1-2,9-10,18-19,22H2/b29-21-. The van der Waals surface area contributed by atoms with Gasteiger partial charge in [0.05, 0.1) is 22.0 Å². The van der Waals surface area contributed by atoms with Crippen LogP contribution in [-0.4, -0.2) is 50.7 Å². The lowest BCUT2D eigenvalue weighted by atomic mass is 10.1. The Balaban J connectivity index is 1.38. The Bertz CT molecular complexity index is 1740. The molecule has 0 spiro atoms. The van der Waals surface area contributed by atoms with Crippen molar-refractivity contribution >= 4 is 50.3 Å². The number of hydrogen-bond acceptors (Lipinski definition) is 6. The van der Waals surface area contributed by atoms with E-state index in [-0.39, 0.29) is 10.8 Å². The summed E-state index contributed by atoms with van der Waals surface area (Å²) in [6.07, 6.45) is 7.50. The van der Waals surface area contributed by atoms with E-state index in [9.17, 15) is 13.2 Å². The lowest BCUT2D eigenvalue weighted by molar-refractivity contribution is -0.122. The molecule has 0 bridgehead atoms.